The van der Waals surface area contributed by atoms with Gasteiger partial charge in [0.2, 0.25) is 0 Å². The molecule has 1 aliphatic rings. The Labute approximate surface area is 97.6 Å². The molecule has 4 heteroatoms. The zero-order chi connectivity index (χ0) is 12.3. The Bertz CT molecular complexity index is 243. The summed E-state index contributed by atoms with van der Waals surface area (Å²) in [6.45, 7) is 10.3. The number of carboxylic acid groups (broad SMARTS) is 1. The molecule has 0 aliphatic carbocycles. The van der Waals surface area contributed by atoms with Crippen molar-refractivity contribution in [1.82, 2.24) is 4.90 Å². The third kappa shape index (κ3) is 3.76. The predicted molar refractivity (Wildman–Crippen MR) is 62.5 cm³/mol. The molecule has 1 saturated heterocycles. The minimum atomic E-state index is -0.721. The van der Waals surface area contributed by atoms with Crippen LogP contribution in [0.25, 0.3) is 0 Å². The normalized spacial score (nSPS) is 28.0. The van der Waals surface area contributed by atoms with E-state index in [0.29, 0.717) is 6.42 Å². The van der Waals surface area contributed by atoms with Gasteiger partial charge in [-0.1, -0.05) is 0 Å². The van der Waals surface area contributed by atoms with Gasteiger partial charge in [0.1, 0.15) is 0 Å². The zero-order valence-electron chi connectivity index (χ0n) is 10.7. The quantitative estimate of drug-likeness (QED) is 0.795. The summed E-state index contributed by atoms with van der Waals surface area (Å²) < 4.78 is 5.64. The van der Waals surface area contributed by atoms with E-state index in [4.69, 9.17) is 9.84 Å². The van der Waals surface area contributed by atoms with Gasteiger partial charge < -0.3 is 9.84 Å². The van der Waals surface area contributed by atoms with Crippen LogP contribution in [0.15, 0.2) is 0 Å². The molecule has 94 valence electrons. The van der Waals surface area contributed by atoms with Crippen LogP contribution >= 0.6 is 0 Å². The van der Waals surface area contributed by atoms with Crippen molar-refractivity contribution < 1.29 is 14.6 Å². The van der Waals surface area contributed by atoms with Crippen LogP contribution in [0.5, 0.6) is 0 Å². The van der Waals surface area contributed by atoms with E-state index >= 15 is 0 Å². The van der Waals surface area contributed by atoms with Crippen molar-refractivity contribution in [3.05, 3.63) is 0 Å². The number of morpholine rings is 1. The van der Waals surface area contributed by atoms with Crippen LogP contribution in [0.3, 0.4) is 0 Å². The third-order valence-corrected chi connectivity index (χ3v) is 3.13. The standard InChI is InChI=1S/C12H23NO3/c1-9-7-13(8-10(2)16-9)6-5-12(3,4)11(14)15/h9-10H,5-8H2,1-4H3,(H,14,15)/t9-,10+. The van der Waals surface area contributed by atoms with Crippen molar-refractivity contribution in [2.75, 3.05) is 19.6 Å². The minimum absolute atomic E-state index is 0.247. The van der Waals surface area contributed by atoms with E-state index in [-0.39, 0.29) is 12.2 Å². The Balaban J connectivity index is 2.40. The molecule has 0 radical (unpaired) electrons. The number of hydrogen-bond donors (Lipinski definition) is 1. The molecule has 0 aromatic rings. The predicted octanol–water partition coefficient (Wildman–Crippen LogP) is 1.60. The second-order valence-corrected chi connectivity index (χ2v) is 5.46. The van der Waals surface area contributed by atoms with E-state index < -0.39 is 11.4 Å². The summed E-state index contributed by atoms with van der Waals surface area (Å²) in [6.07, 6.45) is 1.18. The number of hydrogen-bond acceptors (Lipinski definition) is 3. The van der Waals surface area contributed by atoms with E-state index in [1.165, 1.54) is 0 Å². The molecule has 1 N–H and O–H groups in total. The van der Waals surface area contributed by atoms with E-state index in [1.54, 1.807) is 13.8 Å². The average Bonchev–Trinajstić information content (AvgIpc) is 2.13. The lowest BCUT2D eigenvalue weighted by atomic mass is 9.89. The molecule has 2 atom stereocenters. The van der Waals surface area contributed by atoms with Crippen molar-refractivity contribution in [3.8, 4) is 0 Å². The van der Waals surface area contributed by atoms with Crippen molar-refractivity contribution >= 4 is 5.97 Å². The Kier molecular flexibility index (Phi) is 4.33. The van der Waals surface area contributed by atoms with E-state index in [1.807, 2.05) is 0 Å². The molecule has 4 nitrogen and oxygen atoms in total. The lowest BCUT2D eigenvalue weighted by Gasteiger charge is -2.36. The molecule has 0 saturated carbocycles. The van der Waals surface area contributed by atoms with Crippen LogP contribution in [0.4, 0.5) is 0 Å². The Morgan fingerprint density at radius 1 is 1.38 bits per heavy atom. The van der Waals surface area contributed by atoms with Gasteiger partial charge in [-0.25, -0.2) is 0 Å². The highest BCUT2D eigenvalue weighted by Crippen LogP contribution is 2.22. The van der Waals surface area contributed by atoms with Crippen molar-refractivity contribution in [1.29, 1.82) is 0 Å². The highest BCUT2D eigenvalue weighted by Gasteiger charge is 2.29. The Morgan fingerprint density at radius 3 is 2.31 bits per heavy atom. The largest absolute Gasteiger partial charge is 0.481 e. The Hall–Kier alpha value is -0.610. The first-order chi connectivity index (χ1) is 7.31. The molecule has 1 fully saturated rings. The van der Waals surface area contributed by atoms with Crippen LogP contribution in [-0.2, 0) is 9.53 Å². The number of carbonyl (C=O) groups is 1. The van der Waals surface area contributed by atoms with Gasteiger partial charge in [-0.2, -0.15) is 0 Å². The van der Waals surface area contributed by atoms with Crippen LogP contribution in [0, 0.1) is 5.41 Å². The molecule has 0 amide bonds. The first-order valence-electron chi connectivity index (χ1n) is 5.92. The second-order valence-electron chi connectivity index (χ2n) is 5.46. The van der Waals surface area contributed by atoms with Gasteiger partial charge in [-0.3, -0.25) is 9.69 Å². The lowest BCUT2D eigenvalue weighted by Crippen LogP contribution is -2.46. The van der Waals surface area contributed by atoms with E-state index in [9.17, 15) is 4.79 Å². The summed E-state index contributed by atoms with van der Waals surface area (Å²) >= 11 is 0. The number of nitrogens with zero attached hydrogens (tertiary/aromatic N) is 1. The molecule has 16 heavy (non-hydrogen) atoms. The number of ether oxygens (including phenoxy) is 1. The topological polar surface area (TPSA) is 49.8 Å². The van der Waals surface area contributed by atoms with Gasteiger partial charge >= 0.3 is 5.97 Å². The van der Waals surface area contributed by atoms with Crippen molar-refractivity contribution in [3.63, 3.8) is 0 Å². The molecule has 1 heterocycles. The molecule has 0 bridgehead atoms. The fraction of sp³-hybridized carbons (Fsp3) is 0.917. The van der Waals surface area contributed by atoms with Crippen LogP contribution < -0.4 is 0 Å². The van der Waals surface area contributed by atoms with Crippen LogP contribution in [0.1, 0.15) is 34.1 Å². The van der Waals surface area contributed by atoms with Gasteiger partial charge in [0.15, 0.2) is 0 Å². The average molecular weight is 229 g/mol. The summed E-state index contributed by atoms with van der Waals surface area (Å²) in [5.74, 6) is -0.721. The molecule has 0 aromatic heterocycles. The molecular formula is C12H23NO3. The van der Waals surface area contributed by atoms with E-state index in [0.717, 1.165) is 19.6 Å². The summed E-state index contributed by atoms with van der Waals surface area (Å²) in [4.78, 5) is 13.3. The van der Waals surface area contributed by atoms with Crippen molar-refractivity contribution in [2.24, 2.45) is 5.41 Å². The number of rotatable bonds is 4. The lowest BCUT2D eigenvalue weighted by molar-refractivity contribution is -0.147. The first-order valence-corrected chi connectivity index (χ1v) is 5.92. The van der Waals surface area contributed by atoms with Crippen molar-refractivity contribution in [2.45, 2.75) is 46.3 Å². The molecule has 0 unspecified atom stereocenters. The molecule has 0 spiro atoms. The molecular weight excluding hydrogens is 206 g/mol. The smallest absolute Gasteiger partial charge is 0.309 e. The monoisotopic (exact) mass is 229 g/mol. The number of aliphatic carboxylic acids is 1. The summed E-state index contributed by atoms with van der Waals surface area (Å²) in [5, 5.41) is 9.03. The van der Waals surface area contributed by atoms with Gasteiger partial charge in [0, 0.05) is 13.1 Å². The minimum Gasteiger partial charge on any atom is -0.481 e. The summed E-state index contributed by atoms with van der Waals surface area (Å²) in [7, 11) is 0. The third-order valence-electron chi connectivity index (χ3n) is 3.13. The maximum absolute atomic E-state index is 11.0. The summed E-state index contributed by atoms with van der Waals surface area (Å²) in [5.41, 5.74) is -0.634. The van der Waals surface area contributed by atoms with Crippen LogP contribution in [0.2, 0.25) is 0 Å². The van der Waals surface area contributed by atoms with Gasteiger partial charge in [0.25, 0.3) is 0 Å². The van der Waals surface area contributed by atoms with Gasteiger partial charge in [-0.05, 0) is 40.7 Å². The molecule has 0 aromatic carbocycles. The maximum Gasteiger partial charge on any atom is 0.309 e. The summed E-state index contributed by atoms with van der Waals surface area (Å²) in [6, 6.07) is 0. The first kappa shape index (κ1) is 13.5. The molecule has 1 aliphatic heterocycles. The van der Waals surface area contributed by atoms with Gasteiger partial charge in [-0.15, -0.1) is 0 Å². The number of carboxylic acids is 1. The highest BCUT2D eigenvalue weighted by molar-refractivity contribution is 5.73. The fourth-order valence-electron chi connectivity index (χ4n) is 2.01. The maximum atomic E-state index is 11.0. The fourth-order valence-corrected chi connectivity index (χ4v) is 2.01. The highest BCUT2D eigenvalue weighted by atomic mass is 16.5. The van der Waals surface area contributed by atoms with Crippen LogP contribution in [-0.4, -0.2) is 47.8 Å². The van der Waals surface area contributed by atoms with Gasteiger partial charge in [0.05, 0.1) is 17.6 Å². The van der Waals surface area contributed by atoms with E-state index in [2.05, 4.69) is 18.7 Å². The SMILES string of the molecule is C[C@@H]1CN(CCC(C)(C)C(=O)O)C[C@H](C)O1. The second kappa shape index (κ2) is 5.15. The molecule has 1 rings (SSSR count). The Morgan fingerprint density at radius 2 is 1.88 bits per heavy atom. The zero-order valence-corrected chi connectivity index (χ0v) is 10.7.